The molecular weight excluding hydrogens is 320 g/mol. The Kier molecular flexibility index (Phi) is 6.02. The first kappa shape index (κ1) is 19.0. The van der Waals surface area contributed by atoms with E-state index in [0.717, 1.165) is 31.7 Å². The maximum Gasteiger partial charge on any atom is 0.0596 e. The Morgan fingerprint density at radius 2 is 1.73 bits per heavy atom. The van der Waals surface area contributed by atoms with E-state index in [-0.39, 0.29) is 0 Å². The highest BCUT2D eigenvalue weighted by molar-refractivity contribution is 5.57. The molecule has 0 aliphatic carbocycles. The Morgan fingerprint density at radius 3 is 2.38 bits per heavy atom. The monoisotopic (exact) mass is 354 g/mol. The Labute approximate surface area is 158 Å². The van der Waals surface area contributed by atoms with Gasteiger partial charge in [-0.1, -0.05) is 6.07 Å². The second-order valence-corrected chi connectivity index (χ2v) is 8.00. The third-order valence-electron chi connectivity index (χ3n) is 5.55. The quantitative estimate of drug-likeness (QED) is 0.743. The van der Waals surface area contributed by atoms with Crippen molar-refractivity contribution < 1.29 is 0 Å². The number of nitrogens with zero attached hydrogens (tertiary/aromatic N) is 4. The lowest BCUT2D eigenvalue weighted by molar-refractivity contribution is 0.310. The topological polar surface area (TPSA) is 24.3 Å². The molecule has 0 spiro atoms. The van der Waals surface area contributed by atoms with Crippen LogP contribution in [0.15, 0.2) is 18.2 Å². The molecule has 0 saturated carbocycles. The number of benzene rings is 1. The molecular formula is C22H34N4. The van der Waals surface area contributed by atoms with Crippen molar-refractivity contribution in [3.63, 3.8) is 0 Å². The van der Waals surface area contributed by atoms with Gasteiger partial charge in [-0.15, -0.1) is 0 Å². The molecule has 1 aromatic heterocycles. The second-order valence-electron chi connectivity index (χ2n) is 8.00. The van der Waals surface area contributed by atoms with Gasteiger partial charge in [-0.05, 0) is 89.4 Å². The molecule has 0 atom stereocenters. The van der Waals surface area contributed by atoms with Crippen molar-refractivity contribution in [1.82, 2.24) is 14.7 Å². The van der Waals surface area contributed by atoms with Crippen LogP contribution in [-0.2, 0) is 13.1 Å². The van der Waals surface area contributed by atoms with E-state index < -0.39 is 0 Å². The summed E-state index contributed by atoms with van der Waals surface area (Å²) in [6.07, 6.45) is 3.79. The molecule has 142 valence electrons. The lowest BCUT2D eigenvalue weighted by Crippen LogP contribution is -2.22. The van der Waals surface area contributed by atoms with Gasteiger partial charge in [-0.3, -0.25) is 4.68 Å². The average Bonchev–Trinajstić information content (AvgIpc) is 3.21. The van der Waals surface area contributed by atoms with Gasteiger partial charge in [0.05, 0.1) is 5.69 Å². The third-order valence-corrected chi connectivity index (χ3v) is 5.55. The van der Waals surface area contributed by atoms with E-state index in [1.54, 1.807) is 0 Å². The fourth-order valence-corrected chi connectivity index (χ4v) is 4.09. The zero-order valence-corrected chi connectivity index (χ0v) is 17.2. The van der Waals surface area contributed by atoms with Crippen LogP contribution in [0.3, 0.4) is 0 Å². The van der Waals surface area contributed by atoms with Gasteiger partial charge < -0.3 is 9.80 Å². The molecule has 1 aromatic carbocycles. The first-order valence-corrected chi connectivity index (χ1v) is 9.98. The molecule has 26 heavy (non-hydrogen) atoms. The van der Waals surface area contributed by atoms with Crippen molar-refractivity contribution in [2.75, 3.05) is 31.6 Å². The van der Waals surface area contributed by atoms with Crippen molar-refractivity contribution in [1.29, 1.82) is 0 Å². The first-order valence-electron chi connectivity index (χ1n) is 9.98. The van der Waals surface area contributed by atoms with Crippen LogP contribution in [-0.4, -0.2) is 41.4 Å². The van der Waals surface area contributed by atoms with Crippen molar-refractivity contribution in [2.45, 2.75) is 60.0 Å². The van der Waals surface area contributed by atoms with E-state index in [9.17, 15) is 0 Å². The summed E-state index contributed by atoms with van der Waals surface area (Å²) in [4.78, 5) is 4.98. The molecule has 1 fully saturated rings. The standard InChI is InChI=1S/C22H34N4/c1-17-14-22(25-10-6-7-11-25)18(2)13-21(17)16-24(5)9-8-12-26-20(4)15-19(3)23-26/h13-15H,6-12,16H2,1-5H3. The molecule has 1 aliphatic rings. The fourth-order valence-electron chi connectivity index (χ4n) is 4.09. The Hall–Kier alpha value is -1.81. The van der Waals surface area contributed by atoms with Gasteiger partial charge in [-0.2, -0.15) is 5.10 Å². The Balaban J connectivity index is 1.56. The Bertz CT molecular complexity index is 741. The van der Waals surface area contributed by atoms with E-state index in [4.69, 9.17) is 0 Å². The summed E-state index contributed by atoms with van der Waals surface area (Å²) < 4.78 is 2.13. The number of aryl methyl sites for hydroxylation is 5. The summed E-state index contributed by atoms with van der Waals surface area (Å²) in [5.41, 5.74) is 8.11. The van der Waals surface area contributed by atoms with Crippen molar-refractivity contribution in [2.24, 2.45) is 0 Å². The van der Waals surface area contributed by atoms with Gasteiger partial charge in [0.1, 0.15) is 0 Å². The van der Waals surface area contributed by atoms with Crippen LogP contribution in [0.1, 0.15) is 47.3 Å². The molecule has 1 aliphatic heterocycles. The van der Waals surface area contributed by atoms with E-state index in [0.29, 0.717) is 0 Å². The van der Waals surface area contributed by atoms with Gasteiger partial charge in [0.25, 0.3) is 0 Å². The molecule has 0 amide bonds. The van der Waals surface area contributed by atoms with Crippen LogP contribution in [0.2, 0.25) is 0 Å². The minimum Gasteiger partial charge on any atom is -0.371 e. The van der Waals surface area contributed by atoms with Gasteiger partial charge in [0.15, 0.2) is 0 Å². The van der Waals surface area contributed by atoms with Crippen LogP contribution in [0.4, 0.5) is 5.69 Å². The number of hydrogen-bond donors (Lipinski definition) is 0. The molecule has 0 radical (unpaired) electrons. The molecule has 3 rings (SSSR count). The zero-order chi connectivity index (χ0) is 18.7. The number of rotatable bonds is 7. The van der Waals surface area contributed by atoms with Crippen LogP contribution in [0.25, 0.3) is 0 Å². The molecule has 4 nitrogen and oxygen atoms in total. The van der Waals surface area contributed by atoms with Crippen molar-refractivity contribution in [3.8, 4) is 0 Å². The molecule has 1 saturated heterocycles. The minimum atomic E-state index is 0.996. The number of hydrogen-bond acceptors (Lipinski definition) is 3. The predicted octanol–water partition coefficient (Wildman–Crippen LogP) is 4.24. The summed E-state index contributed by atoms with van der Waals surface area (Å²) in [6.45, 7) is 14.3. The molecule has 0 N–H and O–H groups in total. The molecule has 2 heterocycles. The van der Waals surface area contributed by atoms with Gasteiger partial charge in [0, 0.05) is 37.6 Å². The van der Waals surface area contributed by atoms with Crippen LogP contribution < -0.4 is 4.90 Å². The first-order chi connectivity index (χ1) is 12.4. The summed E-state index contributed by atoms with van der Waals surface area (Å²) >= 11 is 0. The lowest BCUT2D eigenvalue weighted by Gasteiger charge is -2.24. The average molecular weight is 355 g/mol. The van der Waals surface area contributed by atoms with Crippen molar-refractivity contribution >= 4 is 5.69 Å². The lowest BCUT2D eigenvalue weighted by atomic mass is 10.0. The van der Waals surface area contributed by atoms with Crippen molar-refractivity contribution in [3.05, 3.63) is 46.3 Å². The summed E-state index contributed by atoms with van der Waals surface area (Å²) in [5.74, 6) is 0. The molecule has 0 bridgehead atoms. The zero-order valence-electron chi connectivity index (χ0n) is 17.2. The normalized spacial score (nSPS) is 14.6. The maximum absolute atomic E-state index is 4.56. The highest BCUT2D eigenvalue weighted by atomic mass is 15.3. The van der Waals surface area contributed by atoms with Crippen LogP contribution >= 0.6 is 0 Å². The van der Waals surface area contributed by atoms with Crippen LogP contribution in [0, 0.1) is 27.7 Å². The highest BCUT2D eigenvalue weighted by Crippen LogP contribution is 2.28. The van der Waals surface area contributed by atoms with E-state index in [1.807, 2.05) is 0 Å². The number of aromatic nitrogens is 2. The fraction of sp³-hybridized carbons (Fsp3) is 0.591. The van der Waals surface area contributed by atoms with E-state index in [2.05, 4.69) is 72.5 Å². The van der Waals surface area contributed by atoms with Gasteiger partial charge >= 0.3 is 0 Å². The highest BCUT2D eigenvalue weighted by Gasteiger charge is 2.16. The third kappa shape index (κ3) is 4.47. The van der Waals surface area contributed by atoms with E-state index in [1.165, 1.54) is 54.0 Å². The summed E-state index contributed by atoms with van der Waals surface area (Å²) in [5, 5.41) is 4.56. The minimum absolute atomic E-state index is 0.996. The largest absolute Gasteiger partial charge is 0.371 e. The smallest absolute Gasteiger partial charge is 0.0596 e. The van der Waals surface area contributed by atoms with Crippen LogP contribution in [0.5, 0.6) is 0 Å². The summed E-state index contributed by atoms with van der Waals surface area (Å²) in [7, 11) is 2.23. The Morgan fingerprint density at radius 1 is 1.00 bits per heavy atom. The van der Waals surface area contributed by atoms with E-state index >= 15 is 0 Å². The SMILES string of the molecule is Cc1cc(C)n(CCCN(C)Cc2cc(C)c(N3CCCC3)cc2C)n1. The molecule has 4 heteroatoms. The maximum atomic E-state index is 4.56. The molecule has 0 unspecified atom stereocenters. The molecule has 2 aromatic rings. The predicted molar refractivity (Wildman–Crippen MR) is 110 cm³/mol. The second kappa shape index (κ2) is 8.26. The van der Waals surface area contributed by atoms with Gasteiger partial charge in [-0.25, -0.2) is 0 Å². The summed E-state index contributed by atoms with van der Waals surface area (Å²) in [6, 6.07) is 6.96. The number of anilines is 1. The van der Waals surface area contributed by atoms with Gasteiger partial charge in [0.2, 0.25) is 0 Å².